The van der Waals surface area contributed by atoms with E-state index in [4.69, 9.17) is 21.8 Å². The number of aromatic nitrogens is 1. The summed E-state index contributed by atoms with van der Waals surface area (Å²) in [7, 11) is -3.93. The molecule has 0 aliphatic rings. The molecule has 6 nitrogen and oxygen atoms in total. The van der Waals surface area contributed by atoms with E-state index in [1.165, 1.54) is 6.07 Å². The average Bonchev–Trinajstić information content (AvgIpc) is 2.45. The summed E-state index contributed by atoms with van der Waals surface area (Å²) in [5, 5.41) is 18.9. The van der Waals surface area contributed by atoms with Gasteiger partial charge < -0.3 is 10.2 Å². The molecule has 21 heavy (non-hydrogen) atoms. The molecule has 0 unspecified atom stereocenters. The molecule has 2 rings (SSSR count). The molecule has 3 N–H and O–H groups in total. The summed E-state index contributed by atoms with van der Waals surface area (Å²) in [4.78, 5) is 4.07. The maximum absolute atomic E-state index is 12.4. The number of hydrogen-bond acceptors (Lipinski definition) is 5. The Labute approximate surface area is 127 Å². The fourth-order valence-corrected chi connectivity index (χ4v) is 3.42. The van der Waals surface area contributed by atoms with Crippen molar-refractivity contribution in [2.45, 2.75) is 17.9 Å². The zero-order valence-electron chi connectivity index (χ0n) is 11.2. The van der Waals surface area contributed by atoms with E-state index < -0.39 is 29.3 Å². The van der Waals surface area contributed by atoms with Gasteiger partial charge in [-0.15, -0.1) is 0 Å². The van der Waals surface area contributed by atoms with Crippen molar-refractivity contribution in [2.24, 2.45) is 0 Å². The van der Waals surface area contributed by atoms with Gasteiger partial charge in [0.25, 0.3) is 0 Å². The summed E-state index contributed by atoms with van der Waals surface area (Å²) >= 11 is 5.96. The summed E-state index contributed by atoms with van der Waals surface area (Å²) in [6.07, 6.45) is 0. The highest BCUT2D eigenvalue weighted by molar-refractivity contribution is 7.89. The monoisotopic (exact) mass is 330 g/mol. The molecular formula is C13H15ClN2O4S. The van der Waals surface area contributed by atoms with Crippen molar-refractivity contribution in [3.05, 3.63) is 35.0 Å². The van der Waals surface area contributed by atoms with Gasteiger partial charge >= 0.3 is 0 Å². The van der Waals surface area contributed by atoms with Gasteiger partial charge in [-0.2, -0.15) is 0 Å². The zero-order valence-corrected chi connectivity index (χ0v) is 12.8. The van der Waals surface area contributed by atoms with E-state index in [9.17, 15) is 8.42 Å². The van der Waals surface area contributed by atoms with E-state index >= 15 is 0 Å². The Morgan fingerprint density at radius 2 is 2.00 bits per heavy atom. The number of para-hydroxylation sites is 1. The molecule has 2 aromatic rings. The van der Waals surface area contributed by atoms with Crippen LogP contribution in [0.25, 0.3) is 10.9 Å². The minimum Gasteiger partial charge on any atom is -0.395 e. The first-order chi connectivity index (χ1) is 9.89. The number of aliphatic hydroxyl groups excluding tert-OH is 2. The number of pyridine rings is 1. The Morgan fingerprint density at radius 1 is 1.33 bits per heavy atom. The van der Waals surface area contributed by atoms with Gasteiger partial charge in [-0.1, -0.05) is 23.7 Å². The smallest absolute Gasteiger partial charge is 0.243 e. The summed E-state index contributed by atoms with van der Waals surface area (Å²) in [6.45, 7) is 0.767. The van der Waals surface area contributed by atoms with Crippen LogP contribution in [-0.4, -0.2) is 42.9 Å². The maximum Gasteiger partial charge on any atom is 0.243 e. The van der Waals surface area contributed by atoms with Crippen LogP contribution in [0.5, 0.6) is 0 Å². The molecule has 0 atom stereocenters. The third-order valence-electron chi connectivity index (χ3n) is 2.99. The number of aryl methyl sites for hydroxylation is 1. The molecule has 1 aromatic heterocycles. The Bertz CT molecular complexity index is 760. The van der Waals surface area contributed by atoms with Crippen LogP contribution in [0.3, 0.4) is 0 Å². The van der Waals surface area contributed by atoms with Crippen molar-refractivity contribution in [1.82, 2.24) is 9.71 Å². The third kappa shape index (κ3) is 3.33. The molecule has 0 aliphatic carbocycles. The van der Waals surface area contributed by atoms with Crippen LogP contribution in [-0.2, 0) is 10.0 Å². The lowest BCUT2D eigenvalue weighted by atomic mass is 10.2. The van der Waals surface area contributed by atoms with Crippen LogP contribution in [0, 0.1) is 6.92 Å². The first-order valence-corrected chi connectivity index (χ1v) is 8.05. The molecule has 0 saturated heterocycles. The van der Waals surface area contributed by atoms with Crippen molar-refractivity contribution in [3.63, 3.8) is 0 Å². The molecule has 0 aliphatic heterocycles. The van der Waals surface area contributed by atoms with Crippen molar-refractivity contribution in [2.75, 3.05) is 13.2 Å². The Morgan fingerprint density at radius 3 is 2.62 bits per heavy atom. The number of fused-ring (bicyclic) bond motifs is 1. The van der Waals surface area contributed by atoms with Gasteiger partial charge in [0.05, 0.1) is 24.8 Å². The lowest BCUT2D eigenvalue weighted by Crippen LogP contribution is -2.40. The van der Waals surface area contributed by atoms with Crippen molar-refractivity contribution in [1.29, 1.82) is 0 Å². The number of aliphatic hydroxyl groups is 2. The molecular weight excluding hydrogens is 316 g/mol. The van der Waals surface area contributed by atoms with E-state index in [-0.39, 0.29) is 15.6 Å². The molecule has 0 amide bonds. The normalized spacial score (nSPS) is 12.2. The molecule has 8 heteroatoms. The van der Waals surface area contributed by atoms with Crippen LogP contribution < -0.4 is 4.72 Å². The SMILES string of the molecule is Cc1cc2cccc(S(=O)(=O)NC(CO)CO)c2nc1Cl. The minimum absolute atomic E-state index is 0.0474. The number of benzene rings is 1. The summed E-state index contributed by atoms with van der Waals surface area (Å²) < 4.78 is 26.9. The van der Waals surface area contributed by atoms with Gasteiger partial charge in [0.1, 0.15) is 10.0 Å². The Balaban J connectivity index is 2.58. The van der Waals surface area contributed by atoms with Crippen LogP contribution in [0.4, 0.5) is 0 Å². The minimum atomic E-state index is -3.93. The molecule has 114 valence electrons. The number of hydrogen-bond donors (Lipinski definition) is 3. The second kappa shape index (κ2) is 6.25. The summed E-state index contributed by atoms with van der Waals surface area (Å²) in [5.74, 6) is 0. The second-order valence-corrected chi connectivity index (χ2v) is 6.65. The topological polar surface area (TPSA) is 99.5 Å². The zero-order chi connectivity index (χ0) is 15.6. The van der Waals surface area contributed by atoms with Gasteiger partial charge in [0.2, 0.25) is 10.0 Å². The predicted octanol–water partition coefficient (Wildman–Crippen LogP) is 0.828. The van der Waals surface area contributed by atoms with Gasteiger partial charge in [-0.25, -0.2) is 18.1 Å². The number of nitrogens with zero attached hydrogens (tertiary/aromatic N) is 1. The van der Waals surface area contributed by atoms with E-state index in [0.717, 1.165) is 5.56 Å². The van der Waals surface area contributed by atoms with Gasteiger partial charge in [-0.3, -0.25) is 0 Å². The van der Waals surface area contributed by atoms with Crippen LogP contribution in [0.1, 0.15) is 5.56 Å². The highest BCUT2D eigenvalue weighted by atomic mass is 35.5. The average molecular weight is 331 g/mol. The first-order valence-electron chi connectivity index (χ1n) is 6.19. The van der Waals surface area contributed by atoms with Gasteiger partial charge in [0, 0.05) is 5.39 Å². The highest BCUT2D eigenvalue weighted by Gasteiger charge is 2.22. The largest absolute Gasteiger partial charge is 0.395 e. The second-order valence-electron chi connectivity index (χ2n) is 4.61. The fraction of sp³-hybridized carbons (Fsp3) is 0.308. The number of rotatable bonds is 5. The van der Waals surface area contributed by atoms with Crippen molar-refractivity contribution < 1.29 is 18.6 Å². The Kier molecular flexibility index (Phi) is 4.80. The standard InChI is InChI=1S/C13H15ClN2O4S/c1-8-5-9-3-2-4-11(12(9)15-13(8)14)21(19,20)16-10(6-17)7-18/h2-5,10,16-18H,6-7H2,1H3. The molecule has 0 bridgehead atoms. The van der Waals surface area contributed by atoms with Crippen LogP contribution in [0.15, 0.2) is 29.2 Å². The van der Waals surface area contributed by atoms with Crippen molar-refractivity contribution in [3.8, 4) is 0 Å². The van der Waals surface area contributed by atoms with Gasteiger partial charge in [-0.05, 0) is 24.6 Å². The number of halogens is 1. The number of nitrogens with one attached hydrogen (secondary N) is 1. The van der Waals surface area contributed by atoms with Crippen LogP contribution >= 0.6 is 11.6 Å². The fourth-order valence-electron chi connectivity index (χ4n) is 1.89. The number of sulfonamides is 1. The summed E-state index contributed by atoms with van der Waals surface area (Å²) in [5.41, 5.74) is 0.991. The lowest BCUT2D eigenvalue weighted by Gasteiger charge is -2.15. The molecule has 0 radical (unpaired) electrons. The van der Waals surface area contributed by atoms with Crippen molar-refractivity contribution >= 4 is 32.5 Å². The third-order valence-corrected chi connectivity index (χ3v) is 4.92. The van der Waals surface area contributed by atoms with E-state index in [1.54, 1.807) is 25.1 Å². The van der Waals surface area contributed by atoms with E-state index in [2.05, 4.69) is 9.71 Å². The predicted molar refractivity (Wildman–Crippen MR) is 79.8 cm³/mol. The molecule has 1 heterocycles. The maximum atomic E-state index is 12.4. The van der Waals surface area contributed by atoms with E-state index in [0.29, 0.717) is 5.39 Å². The molecule has 0 saturated carbocycles. The Hall–Kier alpha value is -1.25. The highest BCUT2D eigenvalue weighted by Crippen LogP contribution is 2.25. The lowest BCUT2D eigenvalue weighted by molar-refractivity contribution is 0.185. The quantitative estimate of drug-likeness (QED) is 0.705. The van der Waals surface area contributed by atoms with Gasteiger partial charge in [0.15, 0.2) is 0 Å². The molecule has 0 fully saturated rings. The molecule has 0 spiro atoms. The first kappa shape index (κ1) is 16.1. The van der Waals surface area contributed by atoms with Crippen LogP contribution in [0.2, 0.25) is 5.15 Å². The summed E-state index contributed by atoms with van der Waals surface area (Å²) in [6, 6.07) is 5.51. The van der Waals surface area contributed by atoms with E-state index in [1.807, 2.05) is 0 Å². The molecule has 1 aromatic carbocycles.